The lowest BCUT2D eigenvalue weighted by atomic mass is 10.1. The van der Waals surface area contributed by atoms with E-state index >= 15 is 0 Å². The van der Waals surface area contributed by atoms with Crippen molar-refractivity contribution in [2.24, 2.45) is 5.92 Å². The van der Waals surface area contributed by atoms with Gasteiger partial charge in [0.15, 0.2) is 5.82 Å². The van der Waals surface area contributed by atoms with Crippen LogP contribution in [0.4, 0.5) is 5.69 Å². The number of hydrogen-bond donors (Lipinski definition) is 1. The third kappa shape index (κ3) is 3.69. The van der Waals surface area contributed by atoms with E-state index in [0.717, 1.165) is 5.56 Å². The number of hydrogen-bond acceptors (Lipinski definition) is 5. The Kier molecular flexibility index (Phi) is 4.61. The fourth-order valence-corrected chi connectivity index (χ4v) is 3.13. The number of nitrogens with one attached hydrogen (secondary N) is 1. The van der Waals surface area contributed by atoms with Gasteiger partial charge in [-0.3, -0.25) is 9.59 Å². The van der Waals surface area contributed by atoms with Crippen LogP contribution in [0.1, 0.15) is 12.0 Å². The summed E-state index contributed by atoms with van der Waals surface area (Å²) in [5, 5.41) is 6.93. The monoisotopic (exact) mass is 362 g/mol. The minimum atomic E-state index is -0.398. The number of anilines is 1. The molecule has 0 aliphatic carbocycles. The summed E-state index contributed by atoms with van der Waals surface area (Å²) in [6.45, 7) is 0.916. The average molecular weight is 362 g/mol. The zero-order valence-corrected chi connectivity index (χ0v) is 14.5. The molecule has 8 heteroatoms. The van der Waals surface area contributed by atoms with Crippen LogP contribution in [0.2, 0.25) is 0 Å². The molecule has 27 heavy (non-hydrogen) atoms. The van der Waals surface area contributed by atoms with Crippen LogP contribution in [-0.4, -0.2) is 43.0 Å². The van der Waals surface area contributed by atoms with E-state index in [1.54, 1.807) is 23.2 Å². The maximum Gasteiger partial charge on any atom is 0.229 e. The first kappa shape index (κ1) is 16.9. The normalized spacial score (nSPS) is 16.5. The van der Waals surface area contributed by atoms with Crippen molar-refractivity contribution in [2.45, 2.75) is 13.0 Å². The lowest BCUT2D eigenvalue weighted by Crippen LogP contribution is -2.28. The van der Waals surface area contributed by atoms with E-state index in [1.165, 1.54) is 17.3 Å². The van der Waals surface area contributed by atoms with E-state index in [9.17, 15) is 9.59 Å². The zero-order valence-electron chi connectivity index (χ0n) is 14.5. The quantitative estimate of drug-likeness (QED) is 0.745. The molecule has 1 unspecified atom stereocenters. The second-order valence-corrected chi connectivity index (χ2v) is 6.36. The number of benzene rings is 1. The molecule has 0 bridgehead atoms. The van der Waals surface area contributed by atoms with Crippen LogP contribution in [0.5, 0.6) is 0 Å². The molecule has 136 valence electrons. The molecule has 1 fully saturated rings. The van der Waals surface area contributed by atoms with Gasteiger partial charge >= 0.3 is 0 Å². The van der Waals surface area contributed by atoms with E-state index in [1.807, 2.05) is 30.3 Å². The van der Waals surface area contributed by atoms with Crippen molar-refractivity contribution in [3.63, 3.8) is 0 Å². The lowest BCUT2D eigenvalue weighted by Gasteiger charge is -2.17. The fourth-order valence-electron chi connectivity index (χ4n) is 3.13. The smallest absolute Gasteiger partial charge is 0.229 e. The molecule has 1 atom stereocenters. The van der Waals surface area contributed by atoms with Gasteiger partial charge in [0.1, 0.15) is 12.7 Å². The summed E-state index contributed by atoms with van der Waals surface area (Å²) < 4.78 is 1.48. The number of carbonyl (C=O) groups is 2. The van der Waals surface area contributed by atoms with Crippen molar-refractivity contribution >= 4 is 17.5 Å². The highest BCUT2D eigenvalue weighted by Crippen LogP contribution is 2.23. The van der Waals surface area contributed by atoms with Gasteiger partial charge in [-0.25, -0.2) is 14.6 Å². The van der Waals surface area contributed by atoms with Gasteiger partial charge < -0.3 is 10.2 Å². The van der Waals surface area contributed by atoms with Crippen molar-refractivity contribution in [1.82, 2.24) is 24.6 Å². The summed E-state index contributed by atoms with van der Waals surface area (Å²) in [4.78, 5) is 34.9. The maximum absolute atomic E-state index is 12.7. The fraction of sp³-hybridized carbons (Fsp3) is 0.211. The average Bonchev–Trinajstić information content (AvgIpc) is 3.34. The van der Waals surface area contributed by atoms with Crippen LogP contribution in [0.15, 0.2) is 61.3 Å². The molecular weight excluding hydrogens is 344 g/mol. The predicted molar refractivity (Wildman–Crippen MR) is 97.7 cm³/mol. The molecule has 2 aromatic heterocycles. The van der Waals surface area contributed by atoms with Gasteiger partial charge in [0, 0.05) is 25.7 Å². The van der Waals surface area contributed by atoms with Crippen molar-refractivity contribution in [1.29, 1.82) is 0 Å². The predicted octanol–water partition coefficient (Wildman–Crippen LogP) is 1.65. The van der Waals surface area contributed by atoms with Gasteiger partial charge in [-0.1, -0.05) is 30.3 Å². The number of rotatable bonds is 5. The molecule has 3 aromatic rings. The van der Waals surface area contributed by atoms with Crippen LogP contribution in [0, 0.1) is 5.92 Å². The Bertz CT molecular complexity index is 942. The summed E-state index contributed by atoms with van der Waals surface area (Å²) in [7, 11) is 0. The van der Waals surface area contributed by atoms with E-state index in [-0.39, 0.29) is 18.2 Å². The van der Waals surface area contributed by atoms with Gasteiger partial charge in [-0.2, -0.15) is 5.10 Å². The third-order valence-electron chi connectivity index (χ3n) is 4.48. The first-order valence-electron chi connectivity index (χ1n) is 8.63. The summed E-state index contributed by atoms with van der Waals surface area (Å²) in [6, 6.07) is 13.2. The number of pyridine rings is 1. The van der Waals surface area contributed by atoms with Crippen molar-refractivity contribution in [2.75, 3.05) is 11.9 Å². The van der Waals surface area contributed by atoms with Gasteiger partial charge in [0.05, 0.1) is 11.6 Å². The molecule has 8 nitrogen and oxygen atoms in total. The van der Waals surface area contributed by atoms with Crippen LogP contribution < -0.4 is 5.32 Å². The molecule has 0 radical (unpaired) electrons. The molecule has 1 saturated heterocycles. The first-order valence-corrected chi connectivity index (χ1v) is 8.63. The van der Waals surface area contributed by atoms with Crippen molar-refractivity contribution in [3.05, 3.63) is 66.9 Å². The van der Waals surface area contributed by atoms with Gasteiger partial charge in [0.25, 0.3) is 0 Å². The van der Waals surface area contributed by atoms with E-state index in [2.05, 4.69) is 20.4 Å². The molecule has 1 aromatic carbocycles. The van der Waals surface area contributed by atoms with Crippen LogP contribution >= 0.6 is 0 Å². The molecule has 1 aliphatic rings. The standard InChI is InChI=1S/C19H18N6O2/c26-17-9-15(11-24(17)10-14-5-2-1-3-6-14)19(27)23-16-7-4-8-21-18(16)25-13-20-12-22-25/h1-8,12-13,15H,9-11H2,(H,23,27). The van der Waals surface area contributed by atoms with E-state index < -0.39 is 5.92 Å². The molecule has 4 rings (SSSR count). The second-order valence-electron chi connectivity index (χ2n) is 6.36. The summed E-state index contributed by atoms with van der Waals surface area (Å²) >= 11 is 0. The minimum absolute atomic E-state index is 0.0123. The number of likely N-dealkylation sites (tertiary alicyclic amines) is 1. The number of nitrogens with zero attached hydrogens (tertiary/aromatic N) is 5. The van der Waals surface area contributed by atoms with Crippen LogP contribution in [0.25, 0.3) is 5.82 Å². The second kappa shape index (κ2) is 7.36. The molecule has 1 N–H and O–H groups in total. The van der Waals surface area contributed by atoms with E-state index in [0.29, 0.717) is 24.6 Å². The molecule has 2 amide bonds. The Morgan fingerprint density at radius 2 is 2.04 bits per heavy atom. The first-order chi connectivity index (χ1) is 13.2. The summed E-state index contributed by atoms with van der Waals surface area (Å²) in [6.07, 6.45) is 4.74. The Morgan fingerprint density at radius 1 is 1.19 bits per heavy atom. The molecule has 1 aliphatic heterocycles. The highest BCUT2D eigenvalue weighted by Gasteiger charge is 2.34. The number of carbonyl (C=O) groups excluding carboxylic acids is 2. The molecule has 0 saturated carbocycles. The topological polar surface area (TPSA) is 93.0 Å². The maximum atomic E-state index is 12.7. The Hall–Kier alpha value is -3.55. The van der Waals surface area contributed by atoms with Gasteiger partial charge in [-0.05, 0) is 17.7 Å². The van der Waals surface area contributed by atoms with Gasteiger partial charge in [-0.15, -0.1) is 0 Å². The summed E-state index contributed by atoms with van der Waals surface area (Å²) in [5.41, 5.74) is 1.58. The van der Waals surface area contributed by atoms with Gasteiger partial charge in [0.2, 0.25) is 11.8 Å². The lowest BCUT2D eigenvalue weighted by molar-refractivity contribution is -0.128. The highest BCUT2D eigenvalue weighted by atomic mass is 16.2. The van der Waals surface area contributed by atoms with Crippen LogP contribution in [0.3, 0.4) is 0 Å². The Labute approximate surface area is 155 Å². The Morgan fingerprint density at radius 3 is 2.81 bits per heavy atom. The van der Waals surface area contributed by atoms with Crippen LogP contribution in [-0.2, 0) is 16.1 Å². The highest BCUT2D eigenvalue weighted by molar-refractivity contribution is 5.98. The molecule has 3 heterocycles. The number of aromatic nitrogens is 4. The summed E-state index contributed by atoms with van der Waals surface area (Å²) in [5.74, 6) is -0.131. The SMILES string of the molecule is O=C(Nc1cccnc1-n1cncn1)C1CC(=O)N(Cc2ccccc2)C1. The van der Waals surface area contributed by atoms with Crippen molar-refractivity contribution in [3.8, 4) is 5.82 Å². The molecule has 0 spiro atoms. The zero-order chi connectivity index (χ0) is 18.6. The van der Waals surface area contributed by atoms with Crippen molar-refractivity contribution < 1.29 is 9.59 Å². The minimum Gasteiger partial charge on any atom is -0.338 e. The third-order valence-corrected chi connectivity index (χ3v) is 4.48. The molecular formula is C19H18N6O2. The number of amides is 2. The largest absolute Gasteiger partial charge is 0.338 e. The van der Waals surface area contributed by atoms with E-state index in [4.69, 9.17) is 0 Å². The Balaban J connectivity index is 1.45.